The lowest BCUT2D eigenvalue weighted by molar-refractivity contribution is -0.122. The first kappa shape index (κ1) is 14.1. The Morgan fingerprint density at radius 3 is 2.81 bits per heavy atom. The molecule has 0 radical (unpaired) electrons. The van der Waals surface area contributed by atoms with E-state index >= 15 is 0 Å². The maximum atomic E-state index is 12.1. The van der Waals surface area contributed by atoms with Crippen LogP contribution in [0, 0.1) is 0 Å². The van der Waals surface area contributed by atoms with E-state index in [4.69, 9.17) is 11.6 Å². The van der Waals surface area contributed by atoms with Crippen LogP contribution in [-0.4, -0.2) is 15.7 Å². The van der Waals surface area contributed by atoms with Gasteiger partial charge in [0.15, 0.2) is 0 Å². The molecule has 1 heterocycles. The monoisotopic (exact) mass is 303 g/mol. The van der Waals surface area contributed by atoms with Crippen molar-refractivity contribution in [2.24, 2.45) is 0 Å². The lowest BCUT2D eigenvalue weighted by atomic mass is 10.1. The highest BCUT2D eigenvalue weighted by Crippen LogP contribution is 2.39. The molecule has 0 saturated heterocycles. The lowest BCUT2D eigenvalue weighted by Crippen LogP contribution is -2.30. The zero-order chi connectivity index (χ0) is 14.8. The van der Waals surface area contributed by atoms with Gasteiger partial charge in [0.25, 0.3) is 0 Å². The fourth-order valence-electron chi connectivity index (χ4n) is 2.36. The maximum absolute atomic E-state index is 12.1. The first-order valence-corrected chi connectivity index (χ1v) is 7.57. The highest BCUT2D eigenvalue weighted by molar-refractivity contribution is 6.30. The fraction of sp³-hybridized carbons (Fsp3) is 0.375. The number of carbonyl (C=O) groups is 1. The van der Waals surface area contributed by atoms with Crippen molar-refractivity contribution in [3.63, 3.8) is 0 Å². The van der Waals surface area contributed by atoms with E-state index in [0.717, 1.165) is 5.56 Å². The van der Waals surface area contributed by atoms with Gasteiger partial charge in [-0.05, 0) is 48.9 Å². The Morgan fingerprint density at radius 2 is 2.14 bits per heavy atom. The highest BCUT2D eigenvalue weighted by Gasteiger charge is 2.25. The van der Waals surface area contributed by atoms with Gasteiger partial charge in [-0.1, -0.05) is 23.7 Å². The van der Waals surface area contributed by atoms with E-state index in [1.807, 2.05) is 43.6 Å². The van der Waals surface area contributed by atoms with Crippen LogP contribution in [0.5, 0.6) is 0 Å². The molecular formula is C16H18ClN3O. The molecule has 110 valence electrons. The Morgan fingerprint density at radius 1 is 1.43 bits per heavy atom. The summed E-state index contributed by atoms with van der Waals surface area (Å²) in [5.41, 5.74) is 2.28. The molecule has 3 rings (SSSR count). The van der Waals surface area contributed by atoms with Gasteiger partial charge in [-0.15, -0.1) is 0 Å². The van der Waals surface area contributed by atoms with Gasteiger partial charge in [0.05, 0.1) is 12.2 Å². The third-order valence-corrected chi connectivity index (χ3v) is 4.01. The van der Waals surface area contributed by atoms with Crippen molar-refractivity contribution in [3.8, 4) is 0 Å². The van der Waals surface area contributed by atoms with Gasteiger partial charge < -0.3 is 5.32 Å². The SMILES string of the molecule is C[C@H](NC(=O)Cn1cc(C2CC2)cn1)c1ccc(Cl)cc1. The minimum absolute atomic E-state index is 0.0390. The summed E-state index contributed by atoms with van der Waals surface area (Å²) in [5.74, 6) is 0.623. The smallest absolute Gasteiger partial charge is 0.242 e. The number of carbonyl (C=O) groups excluding carboxylic acids is 1. The lowest BCUT2D eigenvalue weighted by Gasteiger charge is -2.14. The summed E-state index contributed by atoms with van der Waals surface area (Å²) in [5, 5.41) is 7.92. The van der Waals surface area contributed by atoms with E-state index in [-0.39, 0.29) is 18.5 Å². The minimum Gasteiger partial charge on any atom is -0.348 e. The normalized spacial score (nSPS) is 15.7. The standard InChI is InChI=1S/C16H18ClN3O/c1-11(12-4-6-15(17)7-5-12)19-16(21)10-20-9-14(8-18-20)13-2-3-13/h4-9,11,13H,2-3,10H2,1H3,(H,19,21)/t11-/m0/s1. The van der Waals surface area contributed by atoms with Crippen molar-refractivity contribution in [3.05, 3.63) is 52.8 Å². The van der Waals surface area contributed by atoms with Gasteiger partial charge in [-0.2, -0.15) is 5.10 Å². The fourth-order valence-corrected chi connectivity index (χ4v) is 2.49. The number of halogens is 1. The zero-order valence-electron chi connectivity index (χ0n) is 11.9. The van der Waals surface area contributed by atoms with E-state index < -0.39 is 0 Å². The minimum atomic E-state index is -0.0479. The summed E-state index contributed by atoms with van der Waals surface area (Å²) in [7, 11) is 0. The molecule has 1 aromatic heterocycles. The first-order valence-electron chi connectivity index (χ1n) is 7.19. The van der Waals surface area contributed by atoms with Crippen LogP contribution in [0.25, 0.3) is 0 Å². The summed E-state index contributed by atoms with van der Waals surface area (Å²) in [6, 6.07) is 7.45. The number of aromatic nitrogens is 2. The molecule has 4 nitrogen and oxygen atoms in total. The van der Waals surface area contributed by atoms with Crippen LogP contribution in [0.4, 0.5) is 0 Å². The molecule has 1 aliphatic carbocycles. The molecule has 0 unspecified atom stereocenters. The Kier molecular flexibility index (Phi) is 3.97. The summed E-state index contributed by atoms with van der Waals surface area (Å²) in [4.78, 5) is 12.1. The zero-order valence-corrected chi connectivity index (χ0v) is 12.7. The van der Waals surface area contributed by atoms with Gasteiger partial charge in [-0.3, -0.25) is 9.48 Å². The summed E-state index contributed by atoms with van der Waals surface area (Å²) >= 11 is 5.86. The average Bonchev–Trinajstić information content (AvgIpc) is 3.20. The predicted octanol–water partition coefficient (Wildman–Crippen LogP) is 3.29. The van der Waals surface area contributed by atoms with Crippen molar-refractivity contribution in [2.75, 3.05) is 0 Å². The third-order valence-electron chi connectivity index (χ3n) is 3.76. The van der Waals surface area contributed by atoms with Crippen LogP contribution in [0.15, 0.2) is 36.7 Å². The summed E-state index contributed by atoms with van der Waals surface area (Å²) in [6.45, 7) is 2.21. The third kappa shape index (κ3) is 3.64. The molecule has 0 spiro atoms. The van der Waals surface area contributed by atoms with Crippen LogP contribution in [-0.2, 0) is 11.3 Å². The molecule has 5 heteroatoms. The first-order chi connectivity index (χ1) is 10.1. The topological polar surface area (TPSA) is 46.9 Å². The highest BCUT2D eigenvalue weighted by atomic mass is 35.5. The Bertz CT molecular complexity index is 631. The summed E-state index contributed by atoms with van der Waals surface area (Å²) < 4.78 is 1.71. The van der Waals surface area contributed by atoms with E-state index in [0.29, 0.717) is 10.9 Å². The van der Waals surface area contributed by atoms with Crippen molar-refractivity contribution in [1.82, 2.24) is 15.1 Å². The molecule has 1 aliphatic rings. The number of nitrogens with zero attached hydrogens (tertiary/aromatic N) is 2. The molecule has 21 heavy (non-hydrogen) atoms. The van der Waals surface area contributed by atoms with E-state index in [1.165, 1.54) is 18.4 Å². The largest absolute Gasteiger partial charge is 0.348 e. The van der Waals surface area contributed by atoms with Gasteiger partial charge in [0, 0.05) is 11.2 Å². The van der Waals surface area contributed by atoms with Crippen molar-refractivity contribution in [2.45, 2.75) is 38.3 Å². The number of benzene rings is 1. The second kappa shape index (κ2) is 5.90. The molecule has 1 N–H and O–H groups in total. The molecule has 1 aromatic carbocycles. The molecule has 0 aliphatic heterocycles. The number of hydrogen-bond donors (Lipinski definition) is 1. The average molecular weight is 304 g/mol. The van der Waals surface area contributed by atoms with Gasteiger partial charge in [0.1, 0.15) is 6.54 Å². The van der Waals surface area contributed by atoms with Gasteiger partial charge >= 0.3 is 0 Å². The summed E-state index contributed by atoms with van der Waals surface area (Å²) in [6.07, 6.45) is 6.33. The van der Waals surface area contributed by atoms with Crippen molar-refractivity contribution >= 4 is 17.5 Å². The molecule has 1 fully saturated rings. The molecule has 1 saturated carbocycles. The second-order valence-corrected chi connectivity index (χ2v) is 6.02. The molecule has 1 atom stereocenters. The number of rotatable bonds is 5. The van der Waals surface area contributed by atoms with Crippen LogP contribution in [0.3, 0.4) is 0 Å². The van der Waals surface area contributed by atoms with E-state index in [1.54, 1.807) is 4.68 Å². The maximum Gasteiger partial charge on any atom is 0.242 e. The Balaban J connectivity index is 1.56. The molecule has 0 bridgehead atoms. The number of amides is 1. The molecular weight excluding hydrogens is 286 g/mol. The number of nitrogens with one attached hydrogen (secondary N) is 1. The number of hydrogen-bond acceptors (Lipinski definition) is 2. The van der Waals surface area contributed by atoms with Crippen LogP contribution in [0.2, 0.25) is 5.02 Å². The van der Waals surface area contributed by atoms with Crippen LogP contribution in [0.1, 0.15) is 42.9 Å². The Labute approximate surface area is 129 Å². The van der Waals surface area contributed by atoms with E-state index in [2.05, 4.69) is 10.4 Å². The van der Waals surface area contributed by atoms with Crippen molar-refractivity contribution < 1.29 is 4.79 Å². The quantitative estimate of drug-likeness (QED) is 0.921. The second-order valence-electron chi connectivity index (χ2n) is 5.59. The van der Waals surface area contributed by atoms with Gasteiger partial charge in [-0.25, -0.2) is 0 Å². The molecule has 2 aromatic rings. The van der Waals surface area contributed by atoms with Crippen molar-refractivity contribution in [1.29, 1.82) is 0 Å². The Hall–Kier alpha value is -1.81. The van der Waals surface area contributed by atoms with E-state index in [9.17, 15) is 4.79 Å². The van der Waals surface area contributed by atoms with Crippen LogP contribution < -0.4 is 5.32 Å². The van der Waals surface area contributed by atoms with Gasteiger partial charge in [0.2, 0.25) is 5.91 Å². The molecule has 1 amide bonds. The predicted molar refractivity (Wildman–Crippen MR) is 82.2 cm³/mol. The van der Waals surface area contributed by atoms with Crippen LogP contribution >= 0.6 is 11.6 Å².